The van der Waals surface area contributed by atoms with E-state index in [-0.39, 0.29) is 59.7 Å². The molecule has 2 saturated heterocycles. The number of ether oxygens (including phenoxy) is 2. The van der Waals surface area contributed by atoms with Crippen LogP contribution in [0.2, 0.25) is 10.0 Å². The van der Waals surface area contributed by atoms with Gasteiger partial charge in [-0.25, -0.2) is 18.4 Å². The number of rotatable bonds is 11. The Balaban J connectivity index is 0.000000238. The lowest BCUT2D eigenvalue weighted by Gasteiger charge is -2.33. The number of amides is 5. The minimum atomic E-state index is -5.13. The summed E-state index contributed by atoms with van der Waals surface area (Å²) in [5.41, 5.74) is 6.66. The van der Waals surface area contributed by atoms with E-state index >= 15 is 0 Å². The van der Waals surface area contributed by atoms with Crippen molar-refractivity contribution in [1.29, 1.82) is 0 Å². The van der Waals surface area contributed by atoms with E-state index in [1.807, 2.05) is 0 Å². The van der Waals surface area contributed by atoms with Crippen LogP contribution in [0.3, 0.4) is 0 Å². The fraction of sp³-hybridized carbons (Fsp3) is 0.310. The van der Waals surface area contributed by atoms with Crippen molar-refractivity contribution in [3.63, 3.8) is 0 Å². The number of halogens is 7. The summed E-state index contributed by atoms with van der Waals surface area (Å²) in [5, 5.41) is 2.30. The number of ketones is 2. The molecule has 5 amide bonds. The maximum absolute atomic E-state index is 14.8. The van der Waals surface area contributed by atoms with Crippen molar-refractivity contribution in [2.24, 2.45) is 5.73 Å². The van der Waals surface area contributed by atoms with Gasteiger partial charge in [-0.2, -0.15) is 13.2 Å². The van der Waals surface area contributed by atoms with Gasteiger partial charge >= 0.3 is 24.1 Å². The van der Waals surface area contributed by atoms with Crippen molar-refractivity contribution < 1.29 is 55.4 Å². The van der Waals surface area contributed by atoms with E-state index in [4.69, 9.17) is 38.4 Å². The van der Waals surface area contributed by atoms with Gasteiger partial charge in [0.05, 0.1) is 52.6 Å². The van der Waals surface area contributed by atoms with Crippen LogP contribution in [0.15, 0.2) is 84.9 Å². The third-order valence-corrected chi connectivity index (χ3v) is 9.99. The Morgan fingerprint density at radius 1 is 0.645 bits per heavy atom. The lowest BCUT2D eigenvalue weighted by Crippen LogP contribution is -2.48. The molecule has 0 bridgehead atoms. The Morgan fingerprint density at radius 3 is 1.44 bits per heavy atom. The highest BCUT2D eigenvalue weighted by molar-refractivity contribution is 6.31. The van der Waals surface area contributed by atoms with Crippen LogP contribution in [0, 0.1) is 11.6 Å². The average molecular weight is 908 g/mol. The zero-order valence-corrected chi connectivity index (χ0v) is 34.4. The van der Waals surface area contributed by atoms with E-state index in [0.717, 1.165) is 12.1 Å². The standard InChI is InChI=1S/C22H20ClF4N3O4.C20H21ClFN3O3/c23-16-2-1-3-17(11-16)30(21(33)29-6-8-34-9-7-29)13-15-5-4-14(10-18(15)24)19(31)12-28-20(32)22(25,26)27;21-16-2-1-3-17(11-16)25(20(27)24-6-8-28-9-7-24)13-15-5-4-14(10-18(15)22)19(26)12-23/h1-5,10-11H,6-9,12-13H2,(H,28,32);1-5,10-11H,6-9,12-13,23H2. The second-order valence-corrected chi connectivity index (χ2v) is 14.6. The SMILES string of the molecule is NCC(=O)c1ccc(CN(C(=O)N2CCOCC2)c2cccc(Cl)c2)c(F)c1.O=C(CNC(=O)C(F)(F)F)c1ccc(CN(C(=O)N2CCOCC2)c2cccc(Cl)c2)c(F)c1. The van der Waals surface area contributed by atoms with Crippen LogP contribution in [0.25, 0.3) is 0 Å². The van der Waals surface area contributed by atoms with Crippen LogP contribution in [0.4, 0.5) is 42.9 Å². The molecule has 2 aliphatic rings. The molecular formula is C42H41Cl2F5N6O7. The van der Waals surface area contributed by atoms with Crippen molar-refractivity contribution >= 4 is 64.1 Å². The van der Waals surface area contributed by atoms with E-state index in [2.05, 4.69) is 0 Å². The van der Waals surface area contributed by atoms with Crippen molar-refractivity contribution in [3.05, 3.63) is 129 Å². The maximum Gasteiger partial charge on any atom is 0.471 e. The number of alkyl halides is 3. The van der Waals surface area contributed by atoms with E-state index in [9.17, 15) is 45.9 Å². The highest BCUT2D eigenvalue weighted by atomic mass is 35.5. The number of Topliss-reactive ketones (excluding diaryl/α,β-unsaturated/α-hetero) is 2. The molecule has 0 spiro atoms. The van der Waals surface area contributed by atoms with Gasteiger partial charge in [-0.15, -0.1) is 0 Å². The van der Waals surface area contributed by atoms with Crippen LogP contribution in [-0.4, -0.2) is 111 Å². The number of hydrogen-bond acceptors (Lipinski definition) is 8. The molecular weight excluding hydrogens is 866 g/mol. The molecule has 2 heterocycles. The van der Waals surface area contributed by atoms with E-state index in [1.54, 1.807) is 58.3 Å². The van der Waals surface area contributed by atoms with Crippen LogP contribution >= 0.6 is 23.2 Å². The van der Waals surface area contributed by atoms with Gasteiger partial charge in [-0.1, -0.05) is 59.6 Å². The van der Waals surface area contributed by atoms with Gasteiger partial charge in [-0.05, 0) is 48.5 Å². The molecule has 4 aromatic carbocycles. The third kappa shape index (κ3) is 12.9. The molecule has 2 fully saturated rings. The molecule has 330 valence electrons. The first-order valence-corrected chi connectivity index (χ1v) is 19.8. The van der Waals surface area contributed by atoms with E-state index in [1.165, 1.54) is 39.4 Å². The molecule has 2 aliphatic heterocycles. The van der Waals surface area contributed by atoms with Gasteiger partial charge in [0, 0.05) is 69.9 Å². The van der Waals surface area contributed by atoms with Gasteiger partial charge in [0.15, 0.2) is 11.6 Å². The molecule has 13 nitrogen and oxygen atoms in total. The predicted molar refractivity (Wildman–Crippen MR) is 220 cm³/mol. The van der Waals surface area contributed by atoms with Gasteiger partial charge in [0.2, 0.25) is 0 Å². The zero-order chi connectivity index (χ0) is 45.0. The van der Waals surface area contributed by atoms with Crippen LogP contribution in [-0.2, 0) is 27.4 Å². The number of benzene rings is 4. The summed E-state index contributed by atoms with van der Waals surface area (Å²) in [6, 6.07) is 20.2. The van der Waals surface area contributed by atoms with Crippen molar-refractivity contribution in [2.45, 2.75) is 19.3 Å². The summed E-state index contributed by atoms with van der Waals surface area (Å²) in [6.45, 7) is 1.95. The summed E-state index contributed by atoms with van der Waals surface area (Å²) in [5.74, 6) is -4.92. The average Bonchev–Trinajstić information content (AvgIpc) is 3.27. The predicted octanol–water partition coefficient (Wildman–Crippen LogP) is 6.88. The second-order valence-electron chi connectivity index (χ2n) is 13.7. The normalized spacial score (nSPS) is 14.0. The number of nitrogens with one attached hydrogen (secondary N) is 1. The number of urea groups is 2. The molecule has 0 unspecified atom stereocenters. The first kappa shape index (κ1) is 47.4. The largest absolute Gasteiger partial charge is 0.471 e. The third-order valence-electron chi connectivity index (χ3n) is 9.52. The van der Waals surface area contributed by atoms with E-state index in [0.29, 0.717) is 74.0 Å². The zero-order valence-electron chi connectivity index (χ0n) is 32.9. The summed E-state index contributed by atoms with van der Waals surface area (Å²) >= 11 is 12.2. The minimum Gasteiger partial charge on any atom is -0.378 e. The summed E-state index contributed by atoms with van der Waals surface area (Å²) in [6.07, 6.45) is -5.13. The maximum atomic E-state index is 14.8. The molecule has 0 saturated carbocycles. The molecule has 6 rings (SSSR count). The monoisotopic (exact) mass is 906 g/mol. The number of hydrogen-bond donors (Lipinski definition) is 2. The number of nitrogens with two attached hydrogens (primary N) is 1. The highest BCUT2D eigenvalue weighted by Gasteiger charge is 2.38. The quantitative estimate of drug-likeness (QED) is 0.122. The first-order valence-electron chi connectivity index (χ1n) is 19.0. The Morgan fingerprint density at radius 2 is 1.06 bits per heavy atom. The fourth-order valence-electron chi connectivity index (χ4n) is 6.20. The first-order chi connectivity index (χ1) is 29.5. The lowest BCUT2D eigenvalue weighted by molar-refractivity contribution is -0.173. The molecule has 0 aliphatic carbocycles. The Hall–Kier alpha value is -5.66. The van der Waals surface area contributed by atoms with Gasteiger partial charge < -0.3 is 30.3 Å². The van der Waals surface area contributed by atoms with Gasteiger partial charge in [0.1, 0.15) is 11.6 Å². The molecule has 20 heteroatoms. The van der Waals surface area contributed by atoms with Crippen LogP contribution < -0.4 is 20.9 Å². The smallest absolute Gasteiger partial charge is 0.378 e. The molecule has 0 aromatic heterocycles. The van der Waals surface area contributed by atoms with Gasteiger partial charge in [-0.3, -0.25) is 24.2 Å². The van der Waals surface area contributed by atoms with Crippen LogP contribution in [0.1, 0.15) is 31.8 Å². The van der Waals surface area contributed by atoms with Crippen LogP contribution in [0.5, 0.6) is 0 Å². The Bertz CT molecular complexity index is 2260. The fourth-order valence-corrected chi connectivity index (χ4v) is 6.57. The number of carbonyl (C=O) groups excluding carboxylic acids is 5. The molecule has 62 heavy (non-hydrogen) atoms. The molecule has 3 N–H and O–H groups in total. The van der Waals surface area contributed by atoms with Gasteiger partial charge in [0.25, 0.3) is 0 Å². The summed E-state index contributed by atoms with van der Waals surface area (Å²) < 4.78 is 76.8. The Labute approximate surface area is 363 Å². The van der Waals surface area contributed by atoms with Crippen molar-refractivity contribution in [2.75, 3.05) is 75.5 Å². The topological polar surface area (TPSA) is 155 Å². The number of anilines is 2. The summed E-state index contributed by atoms with van der Waals surface area (Å²) in [7, 11) is 0. The minimum absolute atomic E-state index is 0.000534. The number of morpholine rings is 2. The van der Waals surface area contributed by atoms with E-state index < -0.39 is 36.0 Å². The summed E-state index contributed by atoms with van der Waals surface area (Å²) in [4.78, 5) is 67.0. The molecule has 0 radical (unpaired) electrons. The number of carbonyl (C=O) groups is 5. The highest BCUT2D eigenvalue weighted by Crippen LogP contribution is 2.27. The molecule has 4 aromatic rings. The lowest BCUT2D eigenvalue weighted by atomic mass is 10.1. The van der Waals surface area contributed by atoms with Crippen molar-refractivity contribution in [3.8, 4) is 0 Å². The Kier molecular flexibility index (Phi) is 16.8. The second kappa shape index (κ2) is 21.9. The number of nitrogens with zero attached hydrogens (tertiary/aromatic N) is 4. The van der Waals surface area contributed by atoms with Crippen molar-refractivity contribution in [1.82, 2.24) is 15.1 Å². The molecule has 0 atom stereocenters.